The van der Waals surface area contributed by atoms with Crippen molar-refractivity contribution in [2.24, 2.45) is 0 Å². The van der Waals surface area contributed by atoms with Crippen LogP contribution in [0.4, 0.5) is 14.5 Å². The standard InChI is InChI=1S/C16H17F2NO2/c1-3-21-16-9-12(5-7-15(16)20-2)19-10-11-4-6-13(17)14(18)8-11/h4-9,19H,3,10H2,1-2H3. The van der Waals surface area contributed by atoms with Crippen LogP contribution in [0.15, 0.2) is 36.4 Å². The highest BCUT2D eigenvalue weighted by molar-refractivity contribution is 5.55. The van der Waals surface area contributed by atoms with Crippen LogP contribution in [0.1, 0.15) is 12.5 Å². The number of rotatable bonds is 6. The SMILES string of the molecule is CCOc1cc(NCc2ccc(F)c(F)c2)ccc1OC. The minimum Gasteiger partial charge on any atom is -0.493 e. The molecule has 0 saturated carbocycles. The number of benzene rings is 2. The van der Waals surface area contributed by atoms with Crippen LogP contribution in [0, 0.1) is 11.6 Å². The van der Waals surface area contributed by atoms with Crippen molar-refractivity contribution in [3.63, 3.8) is 0 Å². The molecule has 0 atom stereocenters. The smallest absolute Gasteiger partial charge is 0.163 e. The molecule has 0 aliphatic heterocycles. The predicted octanol–water partition coefficient (Wildman–Crippen LogP) is 3.98. The average molecular weight is 293 g/mol. The topological polar surface area (TPSA) is 30.5 Å². The van der Waals surface area contributed by atoms with E-state index in [1.54, 1.807) is 19.2 Å². The van der Waals surface area contributed by atoms with Crippen molar-refractivity contribution in [1.29, 1.82) is 0 Å². The summed E-state index contributed by atoms with van der Waals surface area (Å²) in [6.45, 7) is 2.80. The van der Waals surface area contributed by atoms with Crippen LogP contribution in [0.3, 0.4) is 0 Å². The summed E-state index contributed by atoms with van der Waals surface area (Å²) in [6, 6.07) is 9.27. The lowest BCUT2D eigenvalue weighted by Gasteiger charge is -2.12. The summed E-state index contributed by atoms with van der Waals surface area (Å²) in [5.74, 6) is -0.411. The normalized spacial score (nSPS) is 10.3. The molecule has 2 rings (SSSR count). The lowest BCUT2D eigenvalue weighted by Crippen LogP contribution is -2.02. The predicted molar refractivity (Wildman–Crippen MR) is 77.8 cm³/mol. The Morgan fingerprint density at radius 1 is 1.00 bits per heavy atom. The molecular formula is C16H17F2NO2. The van der Waals surface area contributed by atoms with Crippen LogP contribution in [-0.4, -0.2) is 13.7 Å². The number of anilines is 1. The summed E-state index contributed by atoms with van der Waals surface area (Å²) in [4.78, 5) is 0. The Hall–Kier alpha value is -2.30. The van der Waals surface area contributed by atoms with E-state index in [0.29, 0.717) is 30.2 Å². The van der Waals surface area contributed by atoms with Gasteiger partial charge in [0.05, 0.1) is 13.7 Å². The first-order chi connectivity index (χ1) is 10.1. The van der Waals surface area contributed by atoms with E-state index in [1.165, 1.54) is 6.07 Å². The minimum atomic E-state index is -0.848. The van der Waals surface area contributed by atoms with Crippen molar-refractivity contribution < 1.29 is 18.3 Å². The van der Waals surface area contributed by atoms with E-state index in [-0.39, 0.29) is 0 Å². The number of nitrogens with one attached hydrogen (secondary N) is 1. The largest absolute Gasteiger partial charge is 0.493 e. The van der Waals surface area contributed by atoms with Gasteiger partial charge in [0.2, 0.25) is 0 Å². The number of hydrogen-bond acceptors (Lipinski definition) is 3. The first kappa shape index (κ1) is 15.1. The van der Waals surface area contributed by atoms with E-state index in [4.69, 9.17) is 9.47 Å². The maximum absolute atomic E-state index is 13.1. The zero-order chi connectivity index (χ0) is 15.2. The van der Waals surface area contributed by atoms with E-state index in [2.05, 4.69) is 5.32 Å². The van der Waals surface area contributed by atoms with Crippen molar-refractivity contribution in [2.75, 3.05) is 19.0 Å². The van der Waals surface area contributed by atoms with Gasteiger partial charge in [0.15, 0.2) is 23.1 Å². The molecule has 5 heteroatoms. The quantitative estimate of drug-likeness (QED) is 0.873. The van der Waals surface area contributed by atoms with Gasteiger partial charge in [0.1, 0.15) is 0 Å². The van der Waals surface area contributed by atoms with Gasteiger partial charge in [-0.1, -0.05) is 6.07 Å². The van der Waals surface area contributed by atoms with Gasteiger partial charge in [-0.15, -0.1) is 0 Å². The highest BCUT2D eigenvalue weighted by Gasteiger charge is 2.06. The monoisotopic (exact) mass is 293 g/mol. The molecule has 0 bridgehead atoms. The van der Waals surface area contributed by atoms with Crippen LogP contribution in [0.25, 0.3) is 0 Å². The zero-order valence-corrected chi connectivity index (χ0v) is 12.0. The van der Waals surface area contributed by atoms with Gasteiger partial charge >= 0.3 is 0 Å². The molecule has 0 heterocycles. The third kappa shape index (κ3) is 3.84. The summed E-state index contributed by atoms with van der Waals surface area (Å²) in [5.41, 5.74) is 1.46. The van der Waals surface area contributed by atoms with Crippen LogP contribution in [0.2, 0.25) is 0 Å². The Morgan fingerprint density at radius 3 is 2.48 bits per heavy atom. The van der Waals surface area contributed by atoms with Gasteiger partial charge in [-0.2, -0.15) is 0 Å². The second kappa shape index (κ2) is 6.92. The molecule has 0 spiro atoms. The molecule has 2 aromatic carbocycles. The van der Waals surface area contributed by atoms with Crippen molar-refractivity contribution in [3.05, 3.63) is 53.6 Å². The Bertz CT molecular complexity index is 617. The van der Waals surface area contributed by atoms with Crippen molar-refractivity contribution in [1.82, 2.24) is 0 Å². The Kier molecular flexibility index (Phi) is 4.98. The fourth-order valence-electron chi connectivity index (χ4n) is 1.91. The number of ether oxygens (including phenoxy) is 2. The molecule has 0 aromatic heterocycles. The van der Waals surface area contributed by atoms with E-state index in [9.17, 15) is 8.78 Å². The molecule has 3 nitrogen and oxygen atoms in total. The lowest BCUT2D eigenvalue weighted by atomic mass is 10.2. The van der Waals surface area contributed by atoms with Crippen LogP contribution in [0.5, 0.6) is 11.5 Å². The van der Waals surface area contributed by atoms with Gasteiger partial charge in [0.25, 0.3) is 0 Å². The molecule has 112 valence electrons. The number of methoxy groups -OCH3 is 1. The van der Waals surface area contributed by atoms with Crippen molar-refractivity contribution in [2.45, 2.75) is 13.5 Å². The average Bonchev–Trinajstić information content (AvgIpc) is 2.49. The molecular weight excluding hydrogens is 276 g/mol. The third-order valence-electron chi connectivity index (χ3n) is 2.94. The first-order valence-electron chi connectivity index (χ1n) is 6.62. The summed E-state index contributed by atoms with van der Waals surface area (Å²) >= 11 is 0. The van der Waals surface area contributed by atoms with Gasteiger partial charge < -0.3 is 14.8 Å². The highest BCUT2D eigenvalue weighted by Crippen LogP contribution is 2.30. The molecule has 1 N–H and O–H groups in total. The van der Waals surface area contributed by atoms with Crippen LogP contribution < -0.4 is 14.8 Å². The molecule has 0 saturated heterocycles. The molecule has 0 fully saturated rings. The third-order valence-corrected chi connectivity index (χ3v) is 2.94. The zero-order valence-electron chi connectivity index (χ0n) is 12.0. The van der Waals surface area contributed by atoms with Crippen molar-refractivity contribution >= 4 is 5.69 Å². The van der Waals surface area contributed by atoms with Crippen LogP contribution in [-0.2, 0) is 6.54 Å². The molecule has 2 aromatic rings. The lowest BCUT2D eigenvalue weighted by molar-refractivity contribution is 0.311. The second-order valence-electron chi connectivity index (χ2n) is 4.40. The molecule has 0 radical (unpaired) electrons. The first-order valence-corrected chi connectivity index (χ1v) is 6.62. The molecule has 21 heavy (non-hydrogen) atoms. The summed E-state index contributed by atoms with van der Waals surface area (Å²) in [5, 5.41) is 3.13. The van der Waals surface area contributed by atoms with Crippen molar-refractivity contribution in [3.8, 4) is 11.5 Å². The fourth-order valence-corrected chi connectivity index (χ4v) is 1.91. The molecule has 0 aliphatic rings. The maximum Gasteiger partial charge on any atom is 0.163 e. The number of halogens is 2. The summed E-state index contributed by atoms with van der Waals surface area (Å²) < 4.78 is 36.7. The Morgan fingerprint density at radius 2 is 1.81 bits per heavy atom. The Balaban J connectivity index is 2.08. The molecule has 0 amide bonds. The number of hydrogen-bond donors (Lipinski definition) is 1. The maximum atomic E-state index is 13.1. The second-order valence-corrected chi connectivity index (χ2v) is 4.40. The van der Waals surface area contributed by atoms with E-state index in [1.807, 2.05) is 19.1 Å². The fraction of sp³-hybridized carbons (Fsp3) is 0.250. The highest BCUT2D eigenvalue weighted by atomic mass is 19.2. The van der Waals surface area contributed by atoms with E-state index in [0.717, 1.165) is 11.8 Å². The summed E-state index contributed by atoms with van der Waals surface area (Å²) in [7, 11) is 1.58. The van der Waals surface area contributed by atoms with E-state index >= 15 is 0 Å². The minimum absolute atomic E-state index is 0.384. The molecule has 0 aliphatic carbocycles. The molecule has 0 unspecified atom stereocenters. The van der Waals surface area contributed by atoms with Gasteiger partial charge in [0, 0.05) is 18.3 Å². The van der Waals surface area contributed by atoms with Gasteiger partial charge in [-0.25, -0.2) is 8.78 Å². The van der Waals surface area contributed by atoms with Gasteiger partial charge in [-0.3, -0.25) is 0 Å². The van der Waals surface area contributed by atoms with Gasteiger partial charge in [-0.05, 0) is 36.8 Å². The Labute approximate surface area is 122 Å². The summed E-state index contributed by atoms with van der Waals surface area (Å²) in [6.07, 6.45) is 0. The van der Waals surface area contributed by atoms with E-state index < -0.39 is 11.6 Å². The van der Waals surface area contributed by atoms with Crippen LogP contribution >= 0.6 is 0 Å².